The van der Waals surface area contributed by atoms with Gasteiger partial charge in [0.15, 0.2) is 0 Å². The van der Waals surface area contributed by atoms with Gasteiger partial charge in [0.2, 0.25) is 0 Å². The van der Waals surface area contributed by atoms with Gasteiger partial charge < -0.3 is 9.47 Å². The molecule has 12 rings (SSSR count). The van der Waals surface area contributed by atoms with Crippen molar-refractivity contribution in [3.05, 3.63) is 264 Å². The van der Waals surface area contributed by atoms with Gasteiger partial charge in [-0.3, -0.25) is 0 Å². The van der Waals surface area contributed by atoms with E-state index in [-0.39, 0.29) is 11.6 Å². The average molecular weight is 813 g/mol. The molecule has 0 fully saturated rings. The summed E-state index contributed by atoms with van der Waals surface area (Å²) in [5, 5.41) is 4.43. The van der Waals surface area contributed by atoms with E-state index >= 15 is 0 Å². The van der Waals surface area contributed by atoms with Crippen LogP contribution in [0.25, 0.3) is 60.5 Å². The van der Waals surface area contributed by atoms with Crippen molar-refractivity contribution in [2.24, 2.45) is 0 Å². The van der Waals surface area contributed by atoms with Crippen molar-refractivity contribution in [1.29, 1.82) is 0 Å². The first-order valence-electron chi connectivity index (χ1n) is 21.3. The molecule has 4 heteroatoms. The van der Waals surface area contributed by atoms with Crippen molar-refractivity contribution in [3.63, 3.8) is 0 Å². The van der Waals surface area contributed by atoms with E-state index in [1.54, 1.807) is 24.3 Å². The summed E-state index contributed by atoms with van der Waals surface area (Å²) < 4.78 is 30.8. The van der Waals surface area contributed by atoms with E-state index in [1.165, 1.54) is 63.0 Å². The Kier molecular flexibility index (Phi) is 8.48. The molecule has 0 bridgehead atoms. The topological polar surface area (TPSA) is 8.17 Å². The minimum absolute atomic E-state index is 0.316. The van der Waals surface area contributed by atoms with E-state index in [4.69, 9.17) is 0 Å². The highest BCUT2D eigenvalue weighted by molar-refractivity contribution is 6.12. The van der Waals surface area contributed by atoms with Crippen LogP contribution < -0.4 is 4.90 Å². The van der Waals surface area contributed by atoms with Gasteiger partial charge in [-0.15, -0.1) is 0 Å². The summed E-state index contributed by atoms with van der Waals surface area (Å²) in [6.45, 7) is 0. The summed E-state index contributed by atoms with van der Waals surface area (Å²) in [7, 11) is 0. The molecule has 63 heavy (non-hydrogen) atoms. The molecule has 0 N–H and O–H groups in total. The summed E-state index contributed by atoms with van der Waals surface area (Å²) in [5.41, 5.74) is 15.1. The standard InChI is InChI=1S/C59H38F2N2/c60-42-24-28-44(29-25-42)62(45-30-26-43(61)27-31-45)57-36-34-47(48-17-7-8-19-51(48)57)39-23-35-58-53(37-39)52-20-10-12-22-56(52)63(58)46-32-33-50-49-18-9-11-21-54(49)59(55(50)38-46,40-13-3-1-4-14-40)41-15-5-2-6-16-41/h1-38H. The molecule has 0 unspecified atom stereocenters. The molecular weight excluding hydrogens is 775 g/mol. The summed E-state index contributed by atoms with van der Waals surface area (Å²) in [4.78, 5) is 2.06. The van der Waals surface area contributed by atoms with Crippen LogP contribution in [0.2, 0.25) is 0 Å². The molecule has 0 aliphatic heterocycles. The summed E-state index contributed by atoms with van der Waals surface area (Å²) in [6, 6.07) is 78.9. The molecule has 0 atom stereocenters. The molecule has 0 amide bonds. The zero-order chi connectivity index (χ0) is 42.1. The lowest BCUT2D eigenvalue weighted by Crippen LogP contribution is -2.28. The van der Waals surface area contributed by atoms with Crippen LogP contribution in [0.1, 0.15) is 22.3 Å². The second-order valence-corrected chi connectivity index (χ2v) is 16.3. The molecule has 2 nitrogen and oxygen atoms in total. The molecule has 0 saturated heterocycles. The molecule has 1 aromatic heterocycles. The molecule has 1 heterocycles. The highest BCUT2D eigenvalue weighted by atomic mass is 19.1. The summed E-state index contributed by atoms with van der Waals surface area (Å²) in [5.74, 6) is -0.632. The number of fused-ring (bicyclic) bond motifs is 7. The summed E-state index contributed by atoms with van der Waals surface area (Å²) in [6.07, 6.45) is 0. The lowest BCUT2D eigenvalue weighted by atomic mass is 9.67. The Balaban J connectivity index is 1.04. The lowest BCUT2D eigenvalue weighted by Gasteiger charge is -2.34. The third-order valence-corrected chi connectivity index (χ3v) is 13.0. The van der Waals surface area contributed by atoms with Gasteiger partial charge in [0.05, 0.1) is 22.1 Å². The third-order valence-electron chi connectivity index (χ3n) is 13.0. The Morgan fingerprint density at radius 3 is 1.59 bits per heavy atom. The van der Waals surface area contributed by atoms with Crippen LogP contribution in [-0.4, -0.2) is 4.57 Å². The van der Waals surface area contributed by atoms with Gasteiger partial charge in [-0.1, -0.05) is 146 Å². The van der Waals surface area contributed by atoms with E-state index in [1.807, 2.05) is 6.07 Å². The third kappa shape index (κ3) is 5.68. The molecule has 11 aromatic rings. The Hall–Kier alpha value is -8.08. The number of para-hydroxylation sites is 1. The molecule has 1 aliphatic carbocycles. The predicted molar refractivity (Wildman–Crippen MR) is 256 cm³/mol. The number of nitrogens with zero attached hydrogens (tertiary/aromatic N) is 2. The molecule has 0 saturated carbocycles. The smallest absolute Gasteiger partial charge is 0.123 e. The Labute approximate surface area is 364 Å². The minimum atomic E-state index is -0.507. The molecule has 1 aliphatic rings. The van der Waals surface area contributed by atoms with Crippen LogP contribution in [-0.2, 0) is 5.41 Å². The minimum Gasteiger partial charge on any atom is -0.310 e. The Bertz CT molecular complexity index is 3430. The number of benzene rings is 10. The second-order valence-electron chi connectivity index (χ2n) is 16.3. The van der Waals surface area contributed by atoms with Gasteiger partial charge in [-0.25, -0.2) is 8.78 Å². The number of hydrogen-bond acceptors (Lipinski definition) is 1. The van der Waals surface area contributed by atoms with E-state index in [9.17, 15) is 8.78 Å². The molecule has 298 valence electrons. The predicted octanol–water partition coefficient (Wildman–Crippen LogP) is 15.7. The fourth-order valence-electron chi connectivity index (χ4n) is 10.3. The van der Waals surface area contributed by atoms with E-state index in [0.717, 1.165) is 61.1 Å². The number of anilines is 3. The monoisotopic (exact) mass is 812 g/mol. The molecule has 0 spiro atoms. The fraction of sp³-hybridized carbons (Fsp3) is 0.0169. The molecule has 0 radical (unpaired) electrons. The molecule has 10 aromatic carbocycles. The average Bonchev–Trinajstić information content (AvgIpc) is 3.83. The quantitative estimate of drug-likeness (QED) is 0.156. The highest BCUT2D eigenvalue weighted by Crippen LogP contribution is 2.56. The summed E-state index contributed by atoms with van der Waals surface area (Å²) >= 11 is 0. The first kappa shape index (κ1) is 36.7. The normalized spacial score (nSPS) is 12.7. The van der Waals surface area contributed by atoms with Crippen molar-refractivity contribution in [2.45, 2.75) is 5.41 Å². The van der Waals surface area contributed by atoms with Crippen LogP contribution in [0.5, 0.6) is 0 Å². The second kappa shape index (κ2) is 14.5. The van der Waals surface area contributed by atoms with Gasteiger partial charge in [-0.05, 0) is 135 Å². The number of rotatable bonds is 7. The maximum Gasteiger partial charge on any atom is 0.123 e. The van der Waals surface area contributed by atoms with Gasteiger partial charge >= 0.3 is 0 Å². The van der Waals surface area contributed by atoms with Gasteiger partial charge in [-0.2, -0.15) is 0 Å². The first-order valence-corrected chi connectivity index (χ1v) is 21.3. The zero-order valence-corrected chi connectivity index (χ0v) is 34.1. The van der Waals surface area contributed by atoms with Crippen molar-refractivity contribution in [1.82, 2.24) is 4.57 Å². The van der Waals surface area contributed by atoms with Crippen LogP contribution in [0.4, 0.5) is 25.8 Å². The zero-order valence-electron chi connectivity index (χ0n) is 34.1. The van der Waals surface area contributed by atoms with Gasteiger partial charge in [0, 0.05) is 33.2 Å². The van der Waals surface area contributed by atoms with Crippen molar-refractivity contribution in [3.8, 4) is 27.9 Å². The van der Waals surface area contributed by atoms with Gasteiger partial charge in [0.1, 0.15) is 11.6 Å². The van der Waals surface area contributed by atoms with Crippen molar-refractivity contribution >= 4 is 49.6 Å². The van der Waals surface area contributed by atoms with Crippen molar-refractivity contribution in [2.75, 3.05) is 4.90 Å². The van der Waals surface area contributed by atoms with E-state index in [2.05, 4.69) is 185 Å². The molecular formula is C59H38F2N2. The van der Waals surface area contributed by atoms with E-state index < -0.39 is 5.41 Å². The van der Waals surface area contributed by atoms with Crippen LogP contribution in [0, 0.1) is 11.6 Å². The maximum atomic E-state index is 14.2. The van der Waals surface area contributed by atoms with E-state index in [0.29, 0.717) is 0 Å². The van der Waals surface area contributed by atoms with Crippen LogP contribution in [0.3, 0.4) is 0 Å². The Morgan fingerprint density at radius 2 is 0.905 bits per heavy atom. The number of hydrogen-bond donors (Lipinski definition) is 0. The number of aromatic nitrogens is 1. The highest BCUT2D eigenvalue weighted by Gasteiger charge is 2.46. The Morgan fingerprint density at radius 1 is 0.365 bits per heavy atom. The lowest BCUT2D eigenvalue weighted by molar-refractivity contribution is 0.628. The van der Waals surface area contributed by atoms with Gasteiger partial charge in [0.25, 0.3) is 0 Å². The maximum absolute atomic E-state index is 14.2. The fourth-order valence-corrected chi connectivity index (χ4v) is 10.3. The first-order chi connectivity index (χ1) is 31.1. The largest absolute Gasteiger partial charge is 0.310 e. The van der Waals surface area contributed by atoms with Crippen molar-refractivity contribution < 1.29 is 8.78 Å². The van der Waals surface area contributed by atoms with Crippen LogP contribution >= 0.6 is 0 Å². The van der Waals surface area contributed by atoms with Crippen LogP contribution in [0.15, 0.2) is 231 Å². The SMILES string of the molecule is Fc1ccc(N(c2ccc(F)cc2)c2ccc(-c3ccc4c(c3)c3ccccc3n4-c3ccc4c(c3)C(c3ccccc3)(c3ccccc3)c3ccccc3-4)c3ccccc23)cc1. The number of halogens is 2.